The predicted octanol–water partition coefficient (Wildman–Crippen LogP) is 5.49. The van der Waals surface area contributed by atoms with Crippen LogP contribution in [0.2, 0.25) is 0 Å². The zero-order valence-electron chi connectivity index (χ0n) is 19.5. The maximum Gasteiger partial charge on any atom is 0.374 e. The van der Waals surface area contributed by atoms with Gasteiger partial charge in [0.2, 0.25) is 15.8 Å². The topological polar surface area (TPSA) is 76.8 Å². The van der Waals surface area contributed by atoms with Crippen LogP contribution in [-0.4, -0.2) is 31.8 Å². The molecule has 3 aromatic carbocycles. The number of sulfonamides is 1. The molecule has 1 aromatic heterocycles. The van der Waals surface area contributed by atoms with Gasteiger partial charge in [-0.3, -0.25) is 0 Å². The molecule has 0 spiro atoms. The summed E-state index contributed by atoms with van der Waals surface area (Å²) in [5.41, 5.74) is 2.14. The number of carbonyl (C=O) groups excluding carboxylic acids is 1. The molecule has 182 valence electrons. The van der Waals surface area contributed by atoms with E-state index in [2.05, 4.69) is 0 Å². The van der Waals surface area contributed by atoms with Crippen LogP contribution < -0.4 is 0 Å². The normalized spacial score (nSPS) is 11.8. The van der Waals surface area contributed by atoms with E-state index in [1.54, 1.807) is 32.0 Å². The first-order valence-corrected chi connectivity index (χ1v) is 12.7. The van der Waals surface area contributed by atoms with Crippen molar-refractivity contribution in [1.82, 2.24) is 4.31 Å². The lowest BCUT2D eigenvalue weighted by atomic mass is 10.1. The zero-order valence-corrected chi connectivity index (χ0v) is 20.3. The highest BCUT2D eigenvalue weighted by molar-refractivity contribution is 7.89. The number of benzene rings is 3. The lowest BCUT2D eigenvalue weighted by Gasteiger charge is -2.23. The Labute approximate surface area is 204 Å². The van der Waals surface area contributed by atoms with Gasteiger partial charge in [-0.15, -0.1) is 0 Å². The molecule has 0 fully saturated rings. The fraction of sp³-hybridized carbons (Fsp3) is 0.222. The van der Waals surface area contributed by atoms with Gasteiger partial charge in [-0.2, -0.15) is 4.31 Å². The average molecular weight is 496 g/mol. The van der Waals surface area contributed by atoms with E-state index < -0.39 is 21.8 Å². The molecule has 0 amide bonds. The Morgan fingerprint density at radius 3 is 2.46 bits per heavy atom. The van der Waals surface area contributed by atoms with E-state index in [1.165, 1.54) is 28.6 Å². The number of aryl methyl sites for hydroxylation is 1. The maximum atomic E-state index is 14.4. The van der Waals surface area contributed by atoms with E-state index in [9.17, 15) is 17.6 Å². The van der Waals surface area contributed by atoms with Crippen LogP contribution in [-0.2, 0) is 27.7 Å². The molecule has 0 N–H and O–H groups in total. The SMILES string of the molecule is CCOC(=O)c1oc2ccc(S(=O)(=O)N(CCc3ccccc3)Cc3ccccc3F)cc2c1C. The Morgan fingerprint density at radius 1 is 1.03 bits per heavy atom. The molecule has 4 rings (SSSR count). The summed E-state index contributed by atoms with van der Waals surface area (Å²) in [6.07, 6.45) is 0.467. The quantitative estimate of drug-likeness (QED) is 0.287. The first kappa shape index (κ1) is 24.6. The fourth-order valence-electron chi connectivity index (χ4n) is 3.90. The maximum absolute atomic E-state index is 14.4. The third kappa shape index (κ3) is 5.28. The van der Waals surface area contributed by atoms with Crippen molar-refractivity contribution in [3.8, 4) is 0 Å². The predicted molar refractivity (Wildman–Crippen MR) is 131 cm³/mol. The number of rotatable bonds is 9. The van der Waals surface area contributed by atoms with Gasteiger partial charge in [0.05, 0.1) is 11.5 Å². The van der Waals surface area contributed by atoms with E-state index in [0.717, 1.165) is 5.56 Å². The Morgan fingerprint density at radius 2 is 1.74 bits per heavy atom. The van der Waals surface area contributed by atoms with Crippen LogP contribution in [0, 0.1) is 12.7 Å². The molecule has 0 bridgehead atoms. The van der Waals surface area contributed by atoms with E-state index >= 15 is 0 Å². The summed E-state index contributed by atoms with van der Waals surface area (Å²) in [5, 5.41) is 0.503. The van der Waals surface area contributed by atoms with Crippen molar-refractivity contribution in [3.05, 3.63) is 101 Å². The number of carbonyl (C=O) groups is 1. The van der Waals surface area contributed by atoms with Gasteiger partial charge in [-0.05, 0) is 50.1 Å². The molecule has 8 heteroatoms. The second-order valence-electron chi connectivity index (χ2n) is 8.10. The van der Waals surface area contributed by atoms with E-state index in [4.69, 9.17) is 9.15 Å². The molecule has 0 aliphatic rings. The fourth-order valence-corrected chi connectivity index (χ4v) is 5.35. The third-order valence-electron chi connectivity index (χ3n) is 5.80. The van der Waals surface area contributed by atoms with Gasteiger partial charge in [0, 0.05) is 29.6 Å². The average Bonchev–Trinajstić information content (AvgIpc) is 3.19. The van der Waals surface area contributed by atoms with Gasteiger partial charge in [0.1, 0.15) is 11.4 Å². The number of ether oxygens (including phenoxy) is 1. The van der Waals surface area contributed by atoms with Gasteiger partial charge in [0.25, 0.3) is 0 Å². The van der Waals surface area contributed by atoms with E-state index in [0.29, 0.717) is 23.0 Å². The minimum atomic E-state index is -4.01. The molecular formula is C27H26FNO5S. The van der Waals surface area contributed by atoms with Crippen molar-refractivity contribution < 1.29 is 26.8 Å². The molecule has 1 heterocycles. The minimum Gasteiger partial charge on any atom is -0.460 e. The molecule has 0 atom stereocenters. The summed E-state index contributed by atoms with van der Waals surface area (Å²) in [4.78, 5) is 12.2. The minimum absolute atomic E-state index is 0.0358. The molecule has 35 heavy (non-hydrogen) atoms. The molecule has 0 radical (unpaired) electrons. The van der Waals surface area contributed by atoms with Crippen LogP contribution in [0.1, 0.15) is 34.2 Å². The van der Waals surface area contributed by atoms with Gasteiger partial charge in [-0.1, -0.05) is 48.5 Å². The number of hydrogen-bond acceptors (Lipinski definition) is 5. The van der Waals surface area contributed by atoms with Gasteiger partial charge >= 0.3 is 5.97 Å². The van der Waals surface area contributed by atoms with Crippen molar-refractivity contribution in [2.45, 2.75) is 31.7 Å². The molecule has 0 aliphatic carbocycles. The molecule has 0 aliphatic heterocycles. The highest BCUT2D eigenvalue weighted by atomic mass is 32.2. The van der Waals surface area contributed by atoms with Crippen molar-refractivity contribution in [3.63, 3.8) is 0 Å². The number of nitrogens with zero attached hydrogens (tertiary/aromatic N) is 1. The number of furan rings is 1. The standard InChI is InChI=1S/C27H26FNO5S/c1-3-33-27(30)26-19(2)23-17-22(13-14-25(23)34-26)35(31,32)29(16-15-20-9-5-4-6-10-20)18-21-11-7-8-12-24(21)28/h4-14,17H,3,15-16,18H2,1-2H3. The number of halogens is 1. The largest absolute Gasteiger partial charge is 0.460 e. The van der Waals surface area contributed by atoms with Crippen LogP contribution in [0.5, 0.6) is 0 Å². The summed E-state index contributed by atoms with van der Waals surface area (Å²) in [6.45, 7) is 3.62. The second kappa shape index (κ2) is 10.4. The molecule has 4 aromatic rings. The lowest BCUT2D eigenvalue weighted by molar-refractivity contribution is 0.0491. The molecule has 6 nitrogen and oxygen atoms in total. The highest BCUT2D eigenvalue weighted by Crippen LogP contribution is 2.30. The Balaban J connectivity index is 1.71. The lowest BCUT2D eigenvalue weighted by Crippen LogP contribution is -2.33. The summed E-state index contributed by atoms with van der Waals surface area (Å²) >= 11 is 0. The second-order valence-corrected chi connectivity index (χ2v) is 10.0. The number of fused-ring (bicyclic) bond motifs is 1. The van der Waals surface area contributed by atoms with Crippen LogP contribution >= 0.6 is 0 Å². The monoisotopic (exact) mass is 495 g/mol. The Hall–Kier alpha value is -3.49. The van der Waals surface area contributed by atoms with E-state index in [1.807, 2.05) is 30.3 Å². The van der Waals surface area contributed by atoms with Crippen LogP contribution in [0.4, 0.5) is 4.39 Å². The van der Waals surface area contributed by atoms with Crippen molar-refractivity contribution in [2.24, 2.45) is 0 Å². The highest BCUT2D eigenvalue weighted by Gasteiger charge is 2.27. The van der Waals surface area contributed by atoms with Crippen molar-refractivity contribution >= 4 is 27.0 Å². The number of esters is 1. The summed E-state index contributed by atoms with van der Waals surface area (Å²) in [6, 6.07) is 20.1. The summed E-state index contributed by atoms with van der Waals surface area (Å²) in [5.74, 6) is -1.02. The van der Waals surface area contributed by atoms with Crippen molar-refractivity contribution in [2.75, 3.05) is 13.2 Å². The molecule has 0 unspecified atom stereocenters. The first-order chi connectivity index (χ1) is 16.8. The van der Waals surface area contributed by atoms with Gasteiger partial charge in [-0.25, -0.2) is 17.6 Å². The first-order valence-electron chi connectivity index (χ1n) is 11.3. The molecule has 0 saturated carbocycles. The summed E-state index contributed by atoms with van der Waals surface area (Å²) < 4.78 is 53.9. The van der Waals surface area contributed by atoms with E-state index in [-0.39, 0.29) is 35.9 Å². The van der Waals surface area contributed by atoms with Crippen LogP contribution in [0.15, 0.2) is 82.1 Å². The van der Waals surface area contributed by atoms with Gasteiger partial charge in [0.15, 0.2) is 0 Å². The zero-order chi connectivity index (χ0) is 25.0. The Bertz CT molecular complexity index is 1450. The Kier molecular flexibility index (Phi) is 7.33. The van der Waals surface area contributed by atoms with Crippen molar-refractivity contribution in [1.29, 1.82) is 0 Å². The molecular weight excluding hydrogens is 469 g/mol. The number of hydrogen-bond donors (Lipinski definition) is 0. The summed E-state index contributed by atoms with van der Waals surface area (Å²) in [7, 11) is -4.01. The third-order valence-corrected chi connectivity index (χ3v) is 7.64. The van der Waals surface area contributed by atoms with Gasteiger partial charge < -0.3 is 9.15 Å². The molecule has 0 saturated heterocycles. The smallest absolute Gasteiger partial charge is 0.374 e. The van der Waals surface area contributed by atoms with Crippen LogP contribution in [0.25, 0.3) is 11.0 Å². The van der Waals surface area contributed by atoms with Crippen LogP contribution in [0.3, 0.4) is 0 Å².